The van der Waals surface area contributed by atoms with Crippen molar-refractivity contribution in [3.63, 3.8) is 0 Å². The van der Waals surface area contributed by atoms with Crippen molar-refractivity contribution in [2.45, 2.75) is 33.8 Å². The summed E-state index contributed by atoms with van der Waals surface area (Å²) in [4.78, 5) is 26.2. The van der Waals surface area contributed by atoms with Crippen LogP contribution in [0.15, 0.2) is 54.6 Å². The predicted molar refractivity (Wildman–Crippen MR) is 115 cm³/mol. The van der Waals surface area contributed by atoms with E-state index in [0.29, 0.717) is 24.4 Å². The molecule has 0 aliphatic carbocycles. The van der Waals surface area contributed by atoms with Gasteiger partial charge in [0.1, 0.15) is 11.5 Å². The minimum atomic E-state index is -0.116. The molecule has 0 aliphatic heterocycles. The van der Waals surface area contributed by atoms with Gasteiger partial charge in [-0.2, -0.15) is 0 Å². The zero-order chi connectivity index (χ0) is 21.2. The van der Waals surface area contributed by atoms with E-state index in [9.17, 15) is 9.59 Å². The molecule has 5 nitrogen and oxygen atoms in total. The van der Waals surface area contributed by atoms with Crippen molar-refractivity contribution in [3.8, 4) is 11.5 Å². The minimum Gasteiger partial charge on any atom is -0.490 e. The summed E-state index contributed by atoms with van der Waals surface area (Å²) >= 11 is 0. The van der Waals surface area contributed by atoms with Gasteiger partial charge >= 0.3 is 0 Å². The number of amides is 1. The van der Waals surface area contributed by atoms with Gasteiger partial charge in [0, 0.05) is 24.2 Å². The van der Waals surface area contributed by atoms with E-state index in [0.717, 1.165) is 11.3 Å². The molecule has 0 spiro atoms. The van der Waals surface area contributed by atoms with E-state index in [4.69, 9.17) is 9.47 Å². The normalized spacial score (nSPS) is 10.9. The predicted octanol–water partition coefficient (Wildman–Crippen LogP) is 4.62. The molecule has 5 heteroatoms. The quantitative estimate of drug-likeness (QED) is 0.435. The van der Waals surface area contributed by atoms with Crippen LogP contribution in [0.2, 0.25) is 0 Å². The summed E-state index contributed by atoms with van der Waals surface area (Å²) in [7, 11) is 0. The SMILES string of the molecule is CCN(CC)C(=O)COc1ccc(C(=O)C=Cc2ccccc2OC(C)C)cc1. The van der Waals surface area contributed by atoms with Crippen LogP contribution >= 0.6 is 0 Å². The average molecular weight is 395 g/mol. The Hall–Kier alpha value is -3.08. The fourth-order valence-electron chi connectivity index (χ4n) is 2.77. The number of ether oxygens (including phenoxy) is 2. The van der Waals surface area contributed by atoms with E-state index in [-0.39, 0.29) is 24.4 Å². The van der Waals surface area contributed by atoms with Crippen molar-refractivity contribution in [2.75, 3.05) is 19.7 Å². The molecule has 2 aromatic rings. The van der Waals surface area contributed by atoms with Crippen LogP contribution < -0.4 is 9.47 Å². The van der Waals surface area contributed by atoms with Crippen molar-refractivity contribution in [2.24, 2.45) is 0 Å². The zero-order valence-electron chi connectivity index (χ0n) is 17.6. The van der Waals surface area contributed by atoms with E-state index in [1.807, 2.05) is 52.0 Å². The summed E-state index contributed by atoms with van der Waals surface area (Å²) in [5, 5.41) is 0. The Morgan fingerprint density at radius 3 is 2.28 bits per heavy atom. The molecule has 0 fully saturated rings. The van der Waals surface area contributed by atoms with Crippen LogP contribution in [0, 0.1) is 0 Å². The fraction of sp³-hybridized carbons (Fsp3) is 0.333. The number of carbonyl (C=O) groups is 2. The molecule has 0 bridgehead atoms. The van der Waals surface area contributed by atoms with Crippen molar-refractivity contribution >= 4 is 17.8 Å². The molecule has 0 saturated carbocycles. The van der Waals surface area contributed by atoms with Gasteiger partial charge in [-0.3, -0.25) is 9.59 Å². The second-order valence-electron chi connectivity index (χ2n) is 6.78. The first-order valence-corrected chi connectivity index (χ1v) is 9.93. The summed E-state index contributed by atoms with van der Waals surface area (Å²) in [5.74, 6) is 1.13. The Bertz CT molecular complexity index is 836. The van der Waals surface area contributed by atoms with Gasteiger partial charge in [0.05, 0.1) is 6.10 Å². The molecule has 0 saturated heterocycles. The molecular formula is C24H29NO4. The highest BCUT2D eigenvalue weighted by atomic mass is 16.5. The monoisotopic (exact) mass is 395 g/mol. The maximum Gasteiger partial charge on any atom is 0.260 e. The van der Waals surface area contributed by atoms with E-state index < -0.39 is 0 Å². The minimum absolute atomic E-state index is 0.0124. The van der Waals surface area contributed by atoms with Crippen molar-refractivity contribution in [1.82, 2.24) is 4.90 Å². The average Bonchev–Trinajstić information content (AvgIpc) is 2.72. The topological polar surface area (TPSA) is 55.8 Å². The summed E-state index contributed by atoms with van der Waals surface area (Å²) in [6.45, 7) is 9.09. The highest BCUT2D eigenvalue weighted by Crippen LogP contribution is 2.21. The number of rotatable bonds is 10. The van der Waals surface area contributed by atoms with Gasteiger partial charge in [0.2, 0.25) is 0 Å². The molecule has 0 aliphatic rings. The van der Waals surface area contributed by atoms with Crippen LogP contribution in [0.1, 0.15) is 43.6 Å². The van der Waals surface area contributed by atoms with Gasteiger partial charge in [-0.25, -0.2) is 0 Å². The number of benzene rings is 2. The molecule has 0 atom stereocenters. The Balaban J connectivity index is 1.99. The molecule has 29 heavy (non-hydrogen) atoms. The lowest BCUT2D eigenvalue weighted by molar-refractivity contribution is -0.132. The first kappa shape index (κ1) is 22.2. The van der Waals surface area contributed by atoms with Crippen molar-refractivity contribution in [1.29, 1.82) is 0 Å². The molecule has 0 N–H and O–H groups in total. The smallest absolute Gasteiger partial charge is 0.260 e. The van der Waals surface area contributed by atoms with Gasteiger partial charge in [-0.05, 0) is 70.2 Å². The third-order valence-corrected chi connectivity index (χ3v) is 4.31. The Kier molecular flexibility index (Phi) is 8.46. The third kappa shape index (κ3) is 6.79. The molecule has 2 aromatic carbocycles. The van der Waals surface area contributed by atoms with Crippen LogP contribution in [0.25, 0.3) is 6.08 Å². The van der Waals surface area contributed by atoms with Crippen LogP contribution in [0.4, 0.5) is 0 Å². The summed E-state index contributed by atoms with van der Waals surface area (Å²) < 4.78 is 11.3. The second-order valence-corrected chi connectivity index (χ2v) is 6.78. The lowest BCUT2D eigenvalue weighted by Crippen LogP contribution is -2.34. The highest BCUT2D eigenvalue weighted by Gasteiger charge is 2.10. The van der Waals surface area contributed by atoms with Gasteiger partial charge in [-0.1, -0.05) is 18.2 Å². The van der Waals surface area contributed by atoms with E-state index in [2.05, 4.69) is 0 Å². The van der Waals surface area contributed by atoms with E-state index in [1.165, 1.54) is 6.08 Å². The lowest BCUT2D eigenvalue weighted by atomic mass is 10.1. The van der Waals surface area contributed by atoms with E-state index in [1.54, 1.807) is 35.2 Å². The Morgan fingerprint density at radius 1 is 1.00 bits per heavy atom. The third-order valence-electron chi connectivity index (χ3n) is 4.31. The molecule has 0 radical (unpaired) electrons. The van der Waals surface area contributed by atoms with Crippen molar-refractivity contribution in [3.05, 3.63) is 65.7 Å². The zero-order valence-corrected chi connectivity index (χ0v) is 17.6. The number of ketones is 1. The molecule has 1 amide bonds. The Morgan fingerprint density at radius 2 is 1.66 bits per heavy atom. The summed E-state index contributed by atoms with van der Waals surface area (Å²) in [6.07, 6.45) is 3.34. The van der Waals surface area contributed by atoms with Crippen LogP contribution in [-0.2, 0) is 4.79 Å². The maximum absolute atomic E-state index is 12.5. The molecule has 154 valence electrons. The maximum atomic E-state index is 12.5. The van der Waals surface area contributed by atoms with Gasteiger partial charge in [0.15, 0.2) is 12.4 Å². The van der Waals surface area contributed by atoms with Gasteiger partial charge in [-0.15, -0.1) is 0 Å². The number of allylic oxidation sites excluding steroid dienone is 1. The molecule has 2 rings (SSSR count). The second kappa shape index (κ2) is 11.1. The van der Waals surface area contributed by atoms with Crippen LogP contribution in [-0.4, -0.2) is 42.4 Å². The summed E-state index contributed by atoms with van der Waals surface area (Å²) in [5.41, 5.74) is 1.40. The first-order valence-electron chi connectivity index (χ1n) is 9.93. The first-order chi connectivity index (χ1) is 13.9. The molecule has 0 heterocycles. The largest absolute Gasteiger partial charge is 0.490 e. The van der Waals surface area contributed by atoms with Crippen LogP contribution in [0.3, 0.4) is 0 Å². The van der Waals surface area contributed by atoms with Crippen molar-refractivity contribution < 1.29 is 19.1 Å². The van der Waals surface area contributed by atoms with Gasteiger partial charge < -0.3 is 14.4 Å². The fourth-order valence-corrected chi connectivity index (χ4v) is 2.77. The standard InChI is InChI=1S/C24H29NO4/c1-5-25(6-2)24(27)17-28-21-14-11-19(12-15-21)22(26)16-13-20-9-7-8-10-23(20)29-18(3)4/h7-16,18H,5-6,17H2,1-4H3. The van der Waals surface area contributed by atoms with Gasteiger partial charge in [0.25, 0.3) is 5.91 Å². The molecular weight excluding hydrogens is 366 g/mol. The highest BCUT2D eigenvalue weighted by molar-refractivity contribution is 6.07. The number of nitrogens with zero attached hydrogens (tertiary/aromatic N) is 1. The number of carbonyl (C=O) groups excluding carboxylic acids is 2. The number of hydrogen-bond donors (Lipinski definition) is 0. The number of para-hydroxylation sites is 1. The number of likely N-dealkylation sites (N-methyl/N-ethyl adjacent to an activating group) is 1. The van der Waals surface area contributed by atoms with Crippen LogP contribution in [0.5, 0.6) is 11.5 Å². The Labute approximate surface area is 172 Å². The number of hydrogen-bond acceptors (Lipinski definition) is 4. The molecule has 0 aromatic heterocycles. The lowest BCUT2D eigenvalue weighted by Gasteiger charge is -2.18. The summed E-state index contributed by atoms with van der Waals surface area (Å²) in [6, 6.07) is 14.4. The molecule has 0 unspecified atom stereocenters. The van der Waals surface area contributed by atoms with E-state index >= 15 is 0 Å².